The zero-order valence-electron chi connectivity index (χ0n) is 17.9. The van der Waals surface area contributed by atoms with Crippen LogP contribution in [0.5, 0.6) is 0 Å². The van der Waals surface area contributed by atoms with Gasteiger partial charge in [0.25, 0.3) is 0 Å². The van der Waals surface area contributed by atoms with Gasteiger partial charge in [-0.1, -0.05) is 13.3 Å². The maximum atomic E-state index is 11.9. The molecular formula is C20H40IN5O2. The van der Waals surface area contributed by atoms with Gasteiger partial charge < -0.3 is 25.2 Å². The minimum absolute atomic E-state index is 0. The highest BCUT2D eigenvalue weighted by atomic mass is 127. The number of nitrogens with zero attached hydrogens (tertiary/aromatic N) is 3. The Morgan fingerprint density at radius 1 is 1.21 bits per heavy atom. The van der Waals surface area contributed by atoms with Gasteiger partial charge in [-0.15, -0.1) is 24.0 Å². The number of piperidine rings is 1. The van der Waals surface area contributed by atoms with Gasteiger partial charge >= 0.3 is 0 Å². The molecule has 0 spiro atoms. The summed E-state index contributed by atoms with van der Waals surface area (Å²) in [4.78, 5) is 20.6. The zero-order valence-corrected chi connectivity index (χ0v) is 20.2. The summed E-state index contributed by atoms with van der Waals surface area (Å²) in [6.45, 7) is 7.48. The summed E-state index contributed by atoms with van der Waals surface area (Å²) in [6, 6.07) is 0.413. The van der Waals surface area contributed by atoms with Crippen molar-refractivity contribution in [3.63, 3.8) is 0 Å². The number of halogens is 1. The standard InChI is InChI=1S/C20H39N5O2.HI/c1-4-5-11-25-12-9-17(10-13-25)23-20(22-16-19(26)24(2)3)21-15-18-8-6-7-14-27-18;/h17-18H,4-16H2,1-3H3,(H2,21,22,23);1H. The molecule has 2 saturated heterocycles. The van der Waals surface area contributed by atoms with E-state index in [1.54, 1.807) is 19.0 Å². The number of nitrogens with one attached hydrogen (secondary N) is 2. The number of hydrogen-bond donors (Lipinski definition) is 2. The Morgan fingerprint density at radius 3 is 2.57 bits per heavy atom. The molecule has 2 rings (SSSR count). The maximum Gasteiger partial charge on any atom is 0.243 e. The van der Waals surface area contributed by atoms with Crippen LogP contribution < -0.4 is 10.6 Å². The lowest BCUT2D eigenvalue weighted by Crippen LogP contribution is -2.50. The molecule has 0 aromatic carbocycles. The molecule has 0 aromatic rings. The van der Waals surface area contributed by atoms with E-state index in [0.717, 1.165) is 57.9 Å². The Morgan fingerprint density at radius 2 is 1.96 bits per heavy atom. The van der Waals surface area contributed by atoms with Crippen molar-refractivity contribution in [2.75, 3.05) is 53.4 Å². The molecule has 164 valence electrons. The van der Waals surface area contributed by atoms with Crippen LogP contribution in [0.25, 0.3) is 0 Å². The van der Waals surface area contributed by atoms with Crippen LogP contribution in [0.4, 0.5) is 0 Å². The van der Waals surface area contributed by atoms with Crippen LogP contribution in [0.3, 0.4) is 0 Å². The van der Waals surface area contributed by atoms with Crippen molar-refractivity contribution in [3.05, 3.63) is 0 Å². The largest absolute Gasteiger partial charge is 0.376 e. The lowest BCUT2D eigenvalue weighted by Gasteiger charge is -2.33. The van der Waals surface area contributed by atoms with Crippen molar-refractivity contribution in [3.8, 4) is 0 Å². The molecule has 0 bridgehead atoms. The van der Waals surface area contributed by atoms with Gasteiger partial charge in [0, 0.05) is 46.4 Å². The van der Waals surface area contributed by atoms with Gasteiger partial charge in [-0.25, -0.2) is 4.99 Å². The van der Waals surface area contributed by atoms with Gasteiger partial charge in [0.05, 0.1) is 6.10 Å². The minimum atomic E-state index is 0. The molecule has 0 saturated carbocycles. The van der Waals surface area contributed by atoms with Crippen LogP contribution >= 0.6 is 24.0 Å². The van der Waals surface area contributed by atoms with E-state index in [9.17, 15) is 4.79 Å². The number of carbonyl (C=O) groups is 1. The summed E-state index contributed by atoms with van der Waals surface area (Å²) in [5.74, 6) is 0.755. The second-order valence-corrected chi connectivity index (χ2v) is 7.94. The second kappa shape index (κ2) is 14.4. The normalized spacial score (nSPS) is 21.7. The molecule has 0 aliphatic carbocycles. The number of hydrogen-bond acceptors (Lipinski definition) is 4. The molecule has 2 aliphatic heterocycles. The third-order valence-electron chi connectivity index (χ3n) is 5.40. The summed E-state index contributed by atoms with van der Waals surface area (Å²) in [6.07, 6.45) is 8.48. The van der Waals surface area contributed by atoms with E-state index in [-0.39, 0.29) is 42.5 Å². The van der Waals surface area contributed by atoms with E-state index in [0.29, 0.717) is 6.04 Å². The van der Waals surface area contributed by atoms with Crippen molar-refractivity contribution in [1.82, 2.24) is 20.4 Å². The third kappa shape index (κ3) is 9.73. The molecule has 8 heteroatoms. The van der Waals surface area contributed by atoms with Gasteiger partial charge in [0.15, 0.2) is 5.96 Å². The van der Waals surface area contributed by atoms with Crippen molar-refractivity contribution in [2.24, 2.45) is 4.99 Å². The van der Waals surface area contributed by atoms with Crippen molar-refractivity contribution < 1.29 is 9.53 Å². The number of likely N-dealkylation sites (tertiary alicyclic amines) is 1. The molecule has 28 heavy (non-hydrogen) atoms. The van der Waals surface area contributed by atoms with E-state index in [4.69, 9.17) is 4.74 Å². The molecule has 2 fully saturated rings. The first-order valence-electron chi connectivity index (χ1n) is 10.7. The van der Waals surface area contributed by atoms with Crippen LogP contribution in [0.1, 0.15) is 51.9 Å². The average molecular weight is 509 g/mol. The van der Waals surface area contributed by atoms with E-state index in [2.05, 4.69) is 27.4 Å². The fraction of sp³-hybridized carbons (Fsp3) is 0.900. The van der Waals surface area contributed by atoms with Crippen LogP contribution in [-0.2, 0) is 9.53 Å². The number of rotatable bonds is 8. The van der Waals surface area contributed by atoms with Gasteiger partial charge in [-0.2, -0.15) is 0 Å². The number of likely N-dealkylation sites (N-methyl/N-ethyl adjacent to an activating group) is 1. The maximum absolute atomic E-state index is 11.9. The average Bonchev–Trinajstić information content (AvgIpc) is 2.69. The molecule has 2 N–H and O–H groups in total. The van der Waals surface area contributed by atoms with Gasteiger partial charge in [-0.05, 0) is 45.1 Å². The Kier molecular flexibility index (Phi) is 13.1. The van der Waals surface area contributed by atoms with Crippen LogP contribution in [-0.4, -0.2) is 87.2 Å². The highest BCUT2D eigenvalue weighted by Crippen LogP contribution is 2.13. The predicted octanol–water partition coefficient (Wildman–Crippen LogP) is 2.06. The summed E-state index contributed by atoms with van der Waals surface area (Å²) in [7, 11) is 3.53. The molecule has 2 aliphatic rings. The van der Waals surface area contributed by atoms with E-state index >= 15 is 0 Å². The van der Waals surface area contributed by atoms with Gasteiger partial charge in [0.1, 0.15) is 6.54 Å². The highest BCUT2D eigenvalue weighted by Gasteiger charge is 2.21. The number of guanidine groups is 1. The second-order valence-electron chi connectivity index (χ2n) is 7.94. The molecule has 0 aromatic heterocycles. The van der Waals surface area contributed by atoms with Crippen LogP contribution in [0.2, 0.25) is 0 Å². The predicted molar refractivity (Wildman–Crippen MR) is 126 cm³/mol. The first-order chi connectivity index (χ1) is 13.1. The number of carbonyl (C=O) groups excluding carboxylic acids is 1. The van der Waals surface area contributed by atoms with E-state index in [1.165, 1.54) is 25.8 Å². The monoisotopic (exact) mass is 509 g/mol. The number of ether oxygens (including phenoxy) is 1. The molecule has 1 atom stereocenters. The van der Waals surface area contributed by atoms with Gasteiger partial charge in [-0.3, -0.25) is 4.79 Å². The summed E-state index contributed by atoms with van der Waals surface area (Å²) < 4.78 is 5.81. The fourth-order valence-electron chi connectivity index (χ4n) is 3.50. The summed E-state index contributed by atoms with van der Waals surface area (Å²) in [5, 5.41) is 6.96. The smallest absolute Gasteiger partial charge is 0.243 e. The summed E-state index contributed by atoms with van der Waals surface area (Å²) >= 11 is 0. The minimum Gasteiger partial charge on any atom is -0.376 e. The number of unbranched alkanes of at least 4 members (excludes halogenated alkanes) is 1. The lowest BCUT2D eigenvalue weighted by atomic mass is 10.0. The fourth-order valence-corrected chi connectivity index (χ4v) is 3.50. The quantitative estimate of drug-likeness (QED) is 0.298. The van der Waals surface area contributed by atoms with E-state index in [1.807, 2.05) is 0 Å². The molecule has 0 radical (unpaired) electrons. The molecule has 2 heterocycles. The van der Waals surface area contributed by atoms with Crippen molar-refractivity contribution in [1.29, 1.82) is 0 Å². The van der Waals surface area contributed by atoms with Crippen molar-refractivity contribution in [2.45, 2.75) is 64.0 Å². The number of aliphatic imine (C=N–C) groups is 1. The zero-order chi connectivity index (χ0) is 19.5. The topological polar surface area (TPSA) is 69.2 Å². The lowest BCUT2D eigenvalue weighted by molar-refractivity contribution is -0.127. The van der Waals surface area contributed by atoms with E-state index < -0.39 is 0 Å². The van der Waals surface area contributed by atoms with Crippen LogP contribution in [0.15, 0.2) is 4.99 Å². The molecule has 7 nitrogen and oxygen atoms in total. The highest BCUT2D eigenvalue weighted by molar-refractivity contribution is 14.0. The summed E-state index contributed by atoms with van der Waals surface area (Å²) in [5.41, 5.74) is 0. The molecule has 1 amide bonds. The molecule has 1 unspecified atom stereocenters. The third-order valence-corrected chi connectivity index (χ3v) is 5.40. The first-order valence-corrected chi connectivity index (χ1v) is 10.7. The Balaban J connectivity index is 0.00000392. The SMILES string of the molecule is CCCCN1CCC(NC(=NCC(=O)N(C)C)NCC2CCCCO2)CC1.I. The Hall–Kier alpha value is -0.610. The Labute approximate surface area is 188 Å². The molecular weight excluding hydrogens is 469 g/mol. The van der Waals surface area contributed by atoms with Crippen molar-refractivity contribution >= 4 is 35.8 Å². The Bertz CT molecular complexity index is 462. The number of amides is 1. The van der Waals surface area contributed by atoms with Gasteiger partial charge in [0.2, 0.25) is 5.91 Å². The first kappa shape index (κ1) is 25.4. The van der Waals surface area contributed by atoms with Crippen LogP contribution in [0, 0.1) is 0 Å².